The SMILES string of the molecule is Cc1cccc([C@@H](C)Nc2nc(C)nc3ccc(C(=N)/C=C4\NCC(N)C(=O)N4)cc23)c1. The Labute approximate surface area is 186 Å². The zero-order valence-corrected chi connectivity index (χ0v) is 18.4. The van der Waals surface area contributed by atoms with Gasteiger partial charge < -0.3 is 27.1 Å². The third-order valence-electron chi connectivity index (χ3n) is 5.41. The average molecular weight is 430 g/mol. The van der Waals surface area contributed by atoms with E-state index < -0.39 is 6.04 Å². The average Bonchev–Trinajstić information content (AvgIpc) is 2.76. The molecule has 164 valence electrons. The first-order valence-electron chi connectivity index (χ1n) is 10.5. The van der Waals surface area contributed by atoms with E-state index in [2.05, 4.69) is 58.0 Å². The Bertz CT molecular complexity index is 1230. The lowest BCUT2D eigenvalue weighted by molar-refractivity contribution is -0.122. The first-order valence-corrected chi connectivity index (χ1v) is 10.5. The highest BCUT2D eigenvalue weighted by molar-refractivity contribution is 6.09. The predicted octanol–water partition coefficient (Wildman–Crippen LogP) is 2.68. The van der Waals surface area contributed by atoms with Crippen LogP contribution in [0.25, 0.3) is 10.9 Å². The van der Waals surface area contributed by atoms with Crippen LogP contribution in [0.15, 0.2) is 54.4 Å². The van der Waals surface area contributed by atoms with Crippen molar-refractivity contribution < 1.29 is 4.79 Å². The summed E-state index contributed by atoms with van der Waals surface area (Å²) in [6.07, 6.45) is 1.59. The quantitative estimate of drug-likeness (QED) is 0.397. The van der Waals surface area contributed by atoms with Gasteiger partial charge in [0, 0.05) is 29.6 Å². The molecule has 0 aliphatic carbocycles. The number of allylic oxidation sites excluding steroid dienone is 1. The molecule has 1 unspecified atom stereocenters. The van der Waals surface area contributed by atoms with Gasteiger partial charge in [-0.05, 0) is 38.5 Å². The molecule has 1 aromatic heterocycles. The topological polar surface area (TPSA) is 129 Å². The largest absolute Gasteiger partial charge is 0.369 e. The molecule has 1 fully saturated rings. The van der Waals surface area contributed by atoms with Crippen molar-refractivity contribution in [2.75, 3.05) is 11.9 Å². The predicted molar refractivity (Wildman–Crippen MR) is 127 cm³/mol. The fourth-order valence-electron chi connectivity index (χ4n) is 3.65. The summed E-state index contributed by atoms with van der Waals surface area (Å²) >= 11 is 0. The fourth-order valence-corrected chi connectivity index (χ4v) is 3.65. The van der Waals surface area contributed by atoms with Crippen LogP contribution >= 0.6 is 0 Å². The molecular weight excluding hydrogens is 402 g/mol. The van der Waals surface area contributed by atoms with Crippen LogP contribution < -0.4 is 21.7 Å². The number of benzene rings is 2. The standard InChI is InChI=1S/C24H27N7O/c1-13-5-4-6-16(9-13)14(2)28-23-18-10-17(7-8-21(18)29-15(3)30-23)19(25)11-22-27-12-20(26)24(32)31-22/h4-11,14,20,25,27H,12,26H2,1-3H3,(H,31,32)(H,28,29,30)/b22-11+,25-19?/t14-,20?/m1/s1. The van der Waals surface area contributed by atoms with Crippen molar-refractivity contribution in [3.05, 3.63) is 76.9 Å². The van der Waals surface area contributed by atoms with E-state index in [-0.39, 0.29) is 17.7 Å². The third-order valence-corrected chi connectivity index (χ3v) is 5.41. The smallest absolute Gasteiger partial charge is 0.244 e. The molecule has 0 bridgehead atoms. The van der Waals surface area contributed by atoms with Crippen LogP contribution in [0, 0.1) is 19.3 Å². The van der Waals surface area contributed by atoms with Crippen molar-refractivity contribution in [2.24, 2.45) is 5.73 Å². The molecule has 1 aliphatic heterocycles. The Kier molecular flexibility index (Phi) is 5.87. The number of hydrogen-bond donors (Lipinski definition) is 5. The summed E-state index contributed by atoms with van der Waals surface area (Å²) in [6.45, 7) is 6.37. The second-order valence-corrected chi connectivity index (χ2v) is 8.08. The Morgan fingerprint density at radius 2 is 2.06 bits per heavy atom. The molecule has 6 N–H and O–H groups in total. The Balaban J connectivity index is 1.65. The number of aromatic nitrogens is 2. The normalized spacial score (nSPS) is 18.2. The molecule has 2 heterocycles. The van der Waals surface area contributed by atoms with Crippen molar-refractivity contribution in [1.82, 2.24) is 20.6 Å². The van der Waals surface area contributed by atoms with E-state index in [0.29, 0.717) is 23.8 Å². The lowest BCUT2D eigenvalue weighted by Gasteiger charge is -2.23. The highest BCUT2D eigenvalue weighted by Gasteiger charge is 2.20. The molecule has 1 saturated heterocycles. The van der Waals surface area contributed by atoms with Crippen LogP contribution in [-0.2, 0) is 4.79 Å². The second-order valence-electron chi connectivity index (χ2n) is 8.08. The van der Waals surface area contributed by atoms with E-state index in [1.54, 1.807) is 6.08 Å². The van der Waals surface area contributed by atoms with Gasteiger partial charge in [-0.2, -0.15) is 0 Å². The van der Waals surface area contributed by atoms with Gasteiger partial charge in [0.15, 0.2) is 0 Å². The number of carbonyl (C=O) groups excluding carboxylic acids is 1. The van der Waals surface area contributed by atoms with E-state index >= 15 is 0 Å². The molecule has 1 aliphatic rings. The van der Waals surface area contributed by atoms with Gasteiger partial charge in [0.25, 0.3) is 0 Å². The van der Waals surface area contributed by atoms with Crippen LogP contribution in [0.2, 0.25) is 0 Å². The number of amides is 1. The minimum Gasteiger partial charge on any atom is -0.369 e. The molecule has 8 heteroatoms. The van der Waals surface area contributed by atoms with Gasteiger partial charge in [-0.1, -0.05) is 35.9 Å². The summed E-state index contributed by atoms with van der Waals surface area (Å²) in [5.41, 5.74) is 9.80. The lowest BCUT2D eigenvalue weighted by atomic mass is 10.0. The number of hydrogen-bond acceptors (Lipinski definition) is 7. The summed E-state index contributed by atoms with van der Waals surface area (Å²) in [5, 5.41) is 18.6. The van der Waals surface area contributed by atoms with Crippen LogP contribution in [0.4, 0.5) is 5.82 Å². The Morgan fingerprint density at radius 1 is 1.25 bits per heavy atom. The Hall–Kier alpha value is -3.78. The number of rotatable bonds is 5. The molecule has 0 radical (unpaired) electrons. The van der Waals surface area contributed by atoms with Gasteiger partial charge in [0.05, 0.1) is 11.2 Å². The zero-order chi connectivity index (χ0) is 22.8. The van der Waals surface area contributed by atoms with E-state index in [0.717, 1.165) is 16.7 Å². The summed E-state index contributed by atoms with van der Waals surface area (Å²) in [5.74, 6) is 1.60. The third kappa shape index (κ3) is 4.60. The van der Waals surface area contributed by atoms with Crippen LogP contribution in [0.5, 0.6) is 0 Å². The maximum atomic E-state index is 11.8. The molecule has 0 spiro atoms. The highest BCUT2D eigenvalue weighted by atomic mass is 16.2. The number of fused-ring (bicyclic) bond motifs is 1. The van der Waals surface area contributed by atoms with Gasteiger partial charge in [-0.15, -0.1) is 0 Å². The molecule has 8 nitrogen and oxygen atoms in total. The summed E-state index contributed by atoms with van der Waals surface area (Å²) in [7, 11) is 0. The second kappa shape index (κ2) is 8.76. The van der Waals surface area contributed by atoms with Crippen molar-refractivity contribution in [2.45, 2.75) is 32.9 Å². The minimum atomic E-state index is -0.591. The molecule has 2 atom stereocenters. The van der Waals surface area contributed by atoms with Crippen LogP contribution in [-0.4, -0.2) is 34.2 Å². The van der Waals surface area contributed by atoms with E-state index in [1.807, 2.05) is 31.2 Å². The molecule has 1 amide bonds. The number of nitrogens with zero attached hydrogens (tertiary/aromatic N) is 2. The maximum absolute atomic E-state index is 11.8. The van der Waals surface area contributed by atoms with E-state index in [4.69, 9.17) is 11.1 Å². The number of aryl methyl sites for hydroxylation is 2. The van der Waals surface area contributed by atoms with Gasteiger partial charge in [0.1, 0.15) is 23.5 Å². The van der Waals surface area contributed by atoms with Crippen molar-refractivity contribution in [3.63, 3.8) is 0 Å². The molecular formula is C24H27N7O. The summed E-state index contributed by atoms with van der Waals surface area (Å²) in [6, 6.07) is 13.4. The van der Waals surface area contributed by atoms with Crippen LogP contribution in [0.1, 0.15) is 35.5 Å². The van der Waals surface area contributed by atoms with E-state index in [1.165, 1.54) is 11.1 Å². The molecule has 3 aromatic rings. The monoisotopic (exact) mass is 429 g/mol. The first kappa shape index (κ1) is 21.5. The molecule has 0 saturated carbocycles. The number of carbonyl (C=O) groups is 1. The maximum Gasteiger partial charge on any atom is 0.244 e. The van der Waals surface area contributed by atoms with Gasteiger partial charge in [-0.25, -0.2) is 9.97 Å². The van der Waals surface area contributed by atoms with E-state index in [9.17, 15) is 4.79 Å². The fraction of sp³-hybridized carbons (Fsp3) is 0.250. The van der Waals surface area contributed by atoms with Gasteiger partial charge in [-0.3, -0.25) is 4.79 Å². The lowest BCUT2D eigenvalue weighted by Crippen LogP contribution is -2.54. The van der Waals surface area contributed by atoms with Gasteiger partial charge >= 0.3 is 0 Å². The first-order chi connectivity index (χ1) is 15.3. The summed E-state index contributed by atoms with van der Waals surface area (Å²) < 4.78 is 0. The number of anilines is 1. The number of nitrogens with one attached hydrogen (secondary N) is 4. The highest BCUT2D eigenvalue weighted by Crippen LogP contribution is 2.26. The zero-order valence-electron chi connectivity index (χ0n) is 18.4. The molecule has 4 rings (SSSR count). The van der Waals surface area contributed by atoms with Crippen molar-refractivity contribution >= 4 is 28.3 Å². The summed E-state index contributed by atoms with van der Waals surface area (Å²) in [4.78, 5) is 21.0. The number of nitrogens with two attached hydrogens (primary N) is 1. The van der Waals surface area contributed by atoms with Crippen LogP contribution in [0.3, 0.4) is 0 Å². The van der Waals surface area contributed by atoms with Crippen molar-refractivity contribution in [1.29, 1.82) is 5.41 Å². The Morgan fingerprint density at radius 3 is 2.81 bits per heavy atom. The molecule has 32 heavy (non-hydrogen) atoms. The minimum absolute atomic E-state index is 0.0449. The molecule has 2 aromatic carbocycles. The van der Waals surface area contributed by atoms with Crippen molar-refractivity contribution in [3.8, 4) is 0 Å². The van der Waals surface area contributed by atoms with Gasteiger partial charge in [0.2, 0.25) is 5.91 Å².